The number of carbonyl (C=O) groups is 1. The number of thiophene rings is 1. The smallest absolute Gasteiger partial charge is 0.324 e. The van der Waals surface area contributed by atoms with Crippen molar-refractivity contribution in [3.63, 3.8) is 0 Å². The van der Waals surface area contributed by atoms with E-state index >= 15 is 0 Å². The first kappa shape index (κ1) is 16.6. The van der Waals surface area contributed by atoms with Crippen LogP contribution in [0.4, 0.5) is 5.00 Å². The molecule has 7 heteroatoms. The summed E-state index contributed by atoms with van der Waals surface area (Å²) in [5, 5.41) is 13.5. The third kappa shape index (κ3) is 5.57. The van der Waals surface area contributed by atoms with Crippen molar-refractivity contribution in [2.75, 3.05) is 26.2 Å². The van der Waals surface area contributed by atoms with Gasteiger partial charge in [-0.05, 0) is 57.5 Å². The Kier molecular flexibility index (Phi) is 6.54. The lowest BCUT2D eigenvalue weighted by Crippen LogP contribution is -2.24. The van der Waals surface area contributed by atoms with Gasteiger partial charge in [-0.1, -0.05) is 11.3 Å². The van der Waals surface area contributed by atoms with E-state index in [9.17, 15) is 14.9 Å². The van der Waals surface area contributed by atoms with Crippen molar-refractivity contribution in [3.8, 4) is 0 Å². The average Bonchev–Trinajstić information content (AvgIpc) is 3.16. The quantitative estimate of drug-likeness (QED) is 0.345. The molecule has 0 aromatic carbocycles. The van der Waals surface area contributed by atoms with Gasteiger partial charge in [0.2, 0.25) is 5.91 Å². The van der Waals surface area contributed by atoms with E-state index in [1.165, 1.54) is 38.1 Å². The van der Waals surface area contributed by atoms with Gasteiger partial charge in [-0.15, -0.1) is 0 Å². The van der Waals surface area contributed by atoms with Gasteiger partial charge >= 0.3 is 5.00 Å². The van der Waals surface area contributed by atoms with Gasteiger partial charge in [-0.2, -0.15) is 0 Å². The van der Waals surface area contributed by atoms with E-state index in [1.807, 2.05) is 0 Å². The van der Waals surface area contributed by atoms with E-state index in [2.05, 4.69) is 10.2 Å². The summed E-state index contributed by atoms with van der Waals surface area (Å²) >= 11 is 1.06. The highest BCUT2D eigenvalue weighted by atomic mass is 32.1. The van der Waals surface area contributed by atoms with Crippen LogP contribution < -0.4 is 5.32 Å². The second kappa shape index (κ2) is 8.65. The zero-order valence-corrected chi connectivity index (χ0v) is 13.3. The predicted molar refractivity (Wildman–Crippen MR) is 87.9 cm³/mol. The SMILES string of the molecule is O=C(/C=C/c1ccc([N+](=O)[O-])s1)NCCCCN1CCCC1. The molecule has 1 aromatic rings. The first-order valence-electron chi connectivity index (χ1n) is 7.57. The Morgan fingerprint density at radius 1 is 1.36 bits per heavy atom. The highest BCUT2D eigenvalue weighted by Gasteiger charge is 2.10. The van der Waals surface area contributed by atoms with Gasteiger partial charge in [0.05, 0.1) is 4.92 Å². The number of likely N-dealkylation sites (tertiary alicyclic amines) is 1. The lowest BCUT2D eigenvalue weighted by Gasteiger charge is -2.13. The number of nitrogens with zero attached hydrogens (tertiary/aromatic N) is 2. The Morgan fingerprint density at radius 3 is 2.82 bits per heavy atom. The highest BCUT2D eigenvalue weighted by Crippen LogP contribution is 2.24. The van der Waals surface area contributed by atoms with Gasteiger partial charge in [-0.3, -0.25) is 14.9 Å². The lowest BCUT2D eigenvalue weighted by molar-refractivity contribution is -0.380. The van der Waals surface area contributed by atoms with Crippen LogP contribution >= 0.6 is 11.3 Å². The molecule has 0 radical (unpaired) electrons. The minimum Gasteiger partial charge on any atom is -0.353 e. The standard InChI is InChI=1S/C15H21N3O3S/c19-14(7-5-13-6-8-15(22-13)18(20)21)16-9-1-2-10-17-11-3-4-12-17/h5-8H,1-4,9-12H2,(H,16,19)/b7-5+. The number of carbonyl (C=O) groups excluding carboxylic acids is 1. The van der Waals surface area contributed by atoms with Crippen molar-refractivity contribution in [1.82, 2.24) is 10.2 Å². The summed E-state index contributed by atoms with van der Waals surface area (Å²) in [4.78, 5) is 24.9. The number of rotatable bonds is 8. The molecule has 0 atom stereocenters. The maximum atomic E-state index is 11.6. The highest BCUT2D eigenvalue weighted by molar-refractivity contribution is 7.16. The average molecular weight is 323 g/mol. The number of hydrogen-bond acceptors (Lipinski definition) is 5. The van der Waals surface area contributed by atoms with E-state index < -0.39 is 4.92 Å². The Morgan fingerprint density at radius 2 is 2.14 bits per heavy atom. The molecule has 1 saturated heterocycles. The van der Waals surface area contributed by atoms with Crippen LogP contribution in [0.3, 0.4) is 0 Å². The molecule has 6 nitrogen and oxygen atoms in total. The molecule has 0 saturated carbocycles. The van der Waals surface area contributed by atoms with Crippen molar-refractivity contribution >= 4 is 28.3 Å². The normalized spacial score (nSPS) is 15.5. The van der Waals surface area contributed by atoms with Gasteiger partial charge in [0.15, 0.2) is 0 Å². The monoisotopic (exact) mass is 323 g/mol. The summed E-state index contributed by atoms with van der Waals surface area (Å²) in [6, 6.07) is 3.09. The number of hydrogen-bond donors (Lipinski definition) is 1. The van der Waals surface area contributed by atoms with E-state index in [0.717, 1.165) is 30.7 Å². The Hall–Kier alpha value is -1.73. The minimum absolute atomic E-state index is 0.0852. The zero-order valence-electron chi connectivity index (χ0n) is 12.5. The Balaban J connectivity index is 1.60. The summed E-state index contributed by atoms with van der Waals surface area (Å²) in [5.41, 5.74) is 0. The molecule has 22 heavy (non-hydrogen) atoms. The first-order valence-corrected chi connectivity index (χ1v) is 8.39. The van der Waals surface area contributed by atoms with E-state index in [0.29, 0.717) is 11.4 Å². The molecule has 1 aromatic heterocycles. The van der Waals surface area contributed by atoms with Crippen LogP contribution in [0.2, 0.25) is 0 Å². The van der Waals surface area contributed by atoms with Crippen LogP contribution in [0, 0.1) is 10.1 Å². The number of amides is 1. The molecule has 0 spiro atoms. The second-order valence-corrected chi connectivity index (χ2v) is 6.41. The van der Waals surface area contributed by atoms with Gasteiger partial charge in [0.1, 0.15) is 0 Å². The van der Waals surface area contributed by atoms with E-state index in [4.69, 9.17) is 0 Å². The number of unbranched alkanes of at least 4 members (excludes halogenated alkanes) is 1. The van der Waals surface area contributed by atoms with Crippen LogP contribution in [-0.4, -0.2) is 41.9 Å². The molecule has 0 aliphatic carbocycles. The molecule has 1 aliphatic heterocycles. The fourth-order valence-corrected chi connectivity index (χ4v) is 3.15. The topological polar surface area (TPSA) is 75.5 Å². The molecule has 1 fully saturated rings. The Labute approximate surface area is 134 Å². The van der Waals surface area contributed by atoms with Gasteiger partial charge in [-0.25, -0.2) is 0 Å². The third-order valence-corrected chi connectivity index (χ3v) is 4.59. The summed E-state index contributed by atoms with van der Waals surface area (Å²) in [6.07, 6.45) is 7.72. The van der Waals surface area contributed by atoms with Gasteiger partial charge in [0, 0.05) is 23.6 Å². The molecule has 120 valence electrons. The van der Waals surface area contributed by atoms with Crippen LogP contribution in [0.25, 0.3) is 6.08 Å². The van der Waals surface area contributed by atoms with Gasteiger partial charge in [0.25, 0.3) is 0 Å². The molecule has 0 unspecified atom stereocenters. The Bertz CT molecular complexity index is 536. The summed E-state index contributed by atoms with van der Waals surface area (Å²) in [6.45, 7) is 4.20. The molecular weight excluding hydrogens is 302 g/mol. The second-order valence-electron chi connectivity index (χ2n) is 5.31. The van der Waals surface area contributed by atoms with Crippen molar-refractivity contribution in [3.05, 3.63) is 33.2 Å². The first-order chi connectivity index (χ1) is 10.6. The van der Waals surface area contributed by atoms with Crippen molar-refractivity contribution < 1.29 is 9.72 Å². The number of nitrogens with one attached hydrogen (secondary N) is 1. The molecule has 2 heterocycles. The maximum absolute atomic E-state index is 11.6. The fraction of sp³-hybridized carbons (Fsp3) is 0.533. The largest absolute Gasteiger partial charge is 0.353 e. The molecule has 0 bridgehead atoms. The zero-order chi connectivity index (χ0) is 15.8. The van der Waals surface area contributed by atoms with Crippen molar-refractivity contribution in [2.45, 2.75) is 25.7 Å². The minimum atomic E-state index is -0.428. The number of nitro groups is 1. The van der Waals surface area contributed by atoms with Crippen LogP contribution in [0.5, 0.6) is 0 Å². The third-order valence-electron chi connectivity index (χ3n) is 3.59. The van der Waals surface area contributed by atoms with Crippen molar-refractivity contribution in [2.24, 2.45) is 0 Å². The molecule has 2 rings (SSSR count). The summed E-state index contributed by atoms with van der Waals surface area (Å²) in [7, 11) is 0. The van der Waals surface area contributed by atoms with E-state index in [-0.39, 0.29) is 10.9 Å². The molecule has 1 aliphatic rings. The van der Waals surface area contributed by atoms with Crippen molar-refractivity contribution in [1.29, 1.82) is 0 Å². The van der Waals surface area contributed by atoms with E-state index in [1.54, 1.807) is 12.1 Å². The molecule has 1 N–H and O–H groups in total. The molecular formula is C15H21N3O3S. The van der Waals surface area contributed by atoms with Crippen LogP contribution in [0.15, 0.2) is 18.2 Å². The summed E-state index contributed by atoms with van der Waals surface area (Å²) in [5.74, 6) is -0.155. The fourth-order valence-electron chi connectivity index (χ4n) is 2.42. The van der Waals surface area contributed by atoms with Crippen LogP contribution in [0.1, 0.15) is 30.6 Å². The lowest BCUT2D eigenvalue weighted by atomic mass is 10.3. The van der Waals surface area contributed by atoms with Gasteiger partial charge < -0.3 is 10.2 Å². The van der Waals surface area contributed by atoms with Crippen LogP contribution in [-0.2, 0) is 4.79 Å². The predicted octanol–water partition coefficient (Wildman–Crippen LogP) is 2.66. The molecule has 1 amide bonds. The summed E-state index contributed by atoms with van der Waals surface area (Å²) < 4.78 is 0. The maximum Gasteiger partial charge on any atom is 0.324 e.